The second kappa shape index (κ2) is 6.78. The van der Waals surface area contributed by atoms with Gasteiger partial charge >= 0.3 is 0 Å². The number of hydrogen-bond donors (Lipinski definition) is 1. The summed E-state index contributed by atoms with van der Waals surface area (Å²) < 4.78 is 0. The maximum atomic E-state index is 6.14. The molecule has 1 unspecified atom stereocenters. The third kappa shape index (κ3) is 4.19. The van der Waals surface area contributed by atoms with Crippen LogP contribution in [0.1, 0.15) is 58.4 Å². The van der Waals surface area contributed by atoms with Crippen LogP contribution in [0.5, 0.6) is 0 Å². The Labute approximate surface area is 129 Å². The Balaban J connectivity index is 2.10. The maximum absolute atomic E-state index is 6.14. The van der Waals surface area contributed by atoms with Crippen molar-refractivity contribution in [3.63, 3.8) is 0 Å². The number of aromatic nitrogens is 1. The minimum absolute atomic E-state index is 0.228. The van der Waals surface area contributed by atoms with E-state index in [1.807, 2.05) is 12.3 Å². The molecule has 0 radical (unpaired) electrons. The highest BCUT2D eigenvalue weighted by Crippen LogP contribution is 2.37. The fourth-order valence-electron chi connectivity index (χ4n) is 3.28. The zero-order valence-corrected chi connectivity index (χ0v) is 14.1. The number of pyridine rings is 1. The second-order valence-electron chi connectivity index (χ2n) is 7.36. The van der Waals surface area contributed by atoms with Gasteiger partial charge in [-0.25, -0.2) is 4.98 Å². The predicted octanol–water partition coefficient (Wildman–Crippen LogP) is 3.77. The van der Waals surface area contributed by atoms with E-state index < -0.39 is 0 Å². The molecular formula is C18H31N3. The zero-order valence-electron chi connectivity index (χ0n) is 14.1. The molecule has 1 heterocycles. The van der Waals surface area contributed by atoms with Crippen LogP contribution < -0.4 is 10.6 Å². The van der Waals surface area contributed by atoms with Crippen molar-refractivity contribution < 1.29 is 0 Å². The van der Waals surface area contributed by atoms with E-state index in [1.165, 1.54) is 31.2 Å². The Kier molecular flexibility index (Phi) is 5.26. The van der Waals surface area contributed by atoms with Crippen molar-refractivity contribution in [2.45, 2.75) is 71.4 Å². The first-order chi connectivity index (χ1) is 9.93. The molecule has 1 aromatic heterocycles. The van der Waals surface area contributed by atoms with Gasteiger partial charge in [0.2, 0.25) is 0 Å². The SMILES string of the molecule is CCC(N)Cc1cccnc1N(C)C1CCC(C)(C)CC1. The van der Waals surface area contributed by atoms with E-state index in [2.05, 4.69) is 43.8 Å². The van der Waals surface area contributed by atoms with E-state index in [0.29, 0.717) is 11.5 Å². The molecule has 0 aromatic carbocycles. The van der Waals surface area contributed by atoms with Gasteiger partial charge < -0.3 is 10.6 Å². The van der Waals surface area contributed by atoms with Crippen molar-refractivity contribution in [3.05, 3.63) is 23.9 Å². The first kappa shape index (κ1) is 16.3. The molecule has 1 atom stereocenters. The second-order valence-corrected chi connectivity index (χ2v) is 7.36. The normalized spacial score (nSPS) is 20.2. The Morgan fingerprint density at radius 1 is 1.38 bits per heavy atom. The van der Waals surface area contributed by atoms with E-state index in [0.717, 1.165) is 18.7 Å². The van der Waals surface area contributed by atoms with Crippen LogP contribution in [0, 0.1) is 5.41 Å². The molecule has 2 N–H and O–H groups in total. The van der Waals surface area contributed by atoms with Gasteiger partial charge in [-0.05, 0) is 55.6 Å². The lowest BCUT2D eigenvalue weighted by Crippen LogP contribution is -2.38. The number of hydrogen-bond acceptors (Lipinski definition) is 3. The first-order valence-electron chi connectivity index (χ1n) is 8.35. The van der Waals surface area contributed by atoms with Gasteiger partial charge in [0, 0.05) is 25.3 Å². The molecule has 3 nitrogen and oxygen atoms in total. The van der Waals surface area contributed by atoms with Gasteiger partial charge in [-0.15, -0.1) is 0 Å². The summed E-state index contributed by atoms with van der Waals surface area (Å²) in [7, 11) is 2.20. The highest BCUT2D eigenvalue weighted by Gasteiger charge is 2.29. The van der Waals surface area contributed by atoms with Crippen LogP contribution >= 0.6 is 0 Å². The van der Waals surface area contributed by atoms with Gasteiger partial charge in [-0.2, -0.15) is 0 Å². The Bertz CT molecular complexity index is 446. The molecule has 118 valence electrons. The molecule has 1 aliphatic carbocycles. The molecule has 0 spiro atoms. The van der Waals surface area contributed by atoms with Crippen LogP contribution in [-0.4, -0.2) is 24.1 Å². The number of nitrogens with two attached hydrogens (primary N) is 1. The monoisotopic (exact) mass is 289 g/mol. The molecular weight excluding hydrogens is 258 g/mol. The molecule has 0 amide bonds. The minimum atomic E-state index is 0.228. The summed E-state index contributed by atoms with van der Waals surface area (Å²) in [6.45, 7) is 6.92. The molecule has 0 aliphatic heterocycles. The van der Waals surface area contributed by atoms with Gasteiger partial charge in [0.1, 0.15) is 5.82 Å². The van der Waals surface area contributed by atoms with E-state index in [-0.39, 0.29) is 6.04 Å². The van der Waals surface area contributed by atoms with Gasteiger partial charge in [0.05, 0.1) is 0 Å². The molecule has 21 heavy (non-hydrogen) atoms. The first-order valence-corrected chi connectivity index (χ1v) is 8.35. The van der Waals surface area contributed by atoms with Crippen LogP contribution in [0.2, 0.25) is 0 Å². The van der Waals surface area contributed by atoms with Gasteiger partial charge in [0.25, 0.3) is 0 Å². The largest absolute Gasteiger partial charge is 0.356 e. The fraction of sp³-hybridized carbons (Fsp3) is 0.722. The Morgan fingerprint density at radius 2 is 2.05 bits per heavy atom. The van der Waals surface area contributed by atoms with Crippen LogP contribution in [-0.2, 0) is 6.42 Å². The van der Waals surface area contributed by atoms with Crippen LogP contribution in [0.25, 0.3) is 0 Å². The van der Waals surface area contributed by atoms with Crippen LogP contribution in [0.15, 0.2) is 18.3 Å². The molecule has 0 saturated heterocycles. The summed E-state index contributed by atoms with van der Waals surface area (Å²) in [5.41, 5.74) is 7.94. The lowest BCUT2D eigenvalue weighted by molar-refractivity contribution is 0.222. The summed E-state index contributed by atoms with van der Waals surface area (Å²) in [6.07, 6.45) is 8.97. The van der Waals surface area contributed by atoms with Gasteiger partial charge in [0.15, 0.2) is 0 Å². The van der Waals surface area contributed by atoms with Crippen molar-refractivity contribution in [2.24, 2.45) is 11.1 Å². The van der Waals surface area contributed by atoms with Crippen LogP contribution in [0.3, 0.4) is 0 Å². The lowest BCUT2D eigenvalue weighted by atomic mass is 9.75. The molecule has 1 saturated carbocycles. The molecule has 1 aliphatic rings. The third-order valence-corrected chi connectivity index (χ3v) is 5.06. The van der Waals surface area contributed by atoms with Gasteiger partial charge in [-0.1, -0.05) is 26.8 Å². The quantitative estimate of drug-likeness (QED) is 0.897. The number of rotatable bonds is 5. The minimum Gasteiger partial charge on any atom is -0.356 e. The summed E-state index contributed by atoms with van der Waals surface area (Å²) in [4.78, 5) is 7.04. The standard InChI is InChI=1S/C18H31N3/c1-5-15(19)13-14-7-6-12-20-17(14)21(4)16-8-10-18(2,3)11-9-16/h6-7,12,15-16H,5,8-11,13,19H2,1-4H3. The smallest absolute Gasteiger partial charge is 0.131 e. The van der Waals surface area contributed by atoms with Crippen LogP contribution in [0.4, 0.5) is 5.82 Å². The Hall–Kier alpha value is -1.09. The van der Waals surface area contributed by atoms with E-state index in [9.17, 15) is 0 Å². The average molecular weight is 289 g/mol. The Morgan fingerprint density at radius 3 is 2.67 bits per heavy atom. The van der Waals surface area contributed by atoms with E-state index in [4.69, 9.17) is 5.73 Å². The fourth-order valence-corrected chi connectivity index (χ4v) is 3.28. The summed E-state index contributed by atoms with van der Waals surface area (Å²) in [5.74, 6) is 1.13. The maximum Gasteiger partial charge on any atom is 0.131 e. The van der Waals surface area contributed by atoms with Gasteiger partial charge in [-0.3, -0.25) is 0 Å². The summed E-state index contributed by atoms with van der Waals surface area (Å²) in [5, 5.41) is 0. The summed E-state index contributed by atoms with van der Waals surface area (Å²) >= 11 is 0. The molecule has 3 heteroatoms. The highest BCUT2D eigenvalue weighted by molar-refractivity contribution is 5.47. The highest BCUT2D eigenvalue weighted by atomic mass is 15.2. The topological polar surface area (TPSA) is 42.1 Å². The van der Waals surface area contributed by atoms with Crippen molar-refractivity contribution in [1.29, 1.82) is 0 Å². The van der Waals surface area contributed by atoms with E-state index >= 15 is 0 Å². The van der Waals surface area contributed by atoms with Crippen molar-refractivity contribution >= 4 is 5.82 Å². The molecule has 1 fully saturated rings. The van der Waals surface area contributed by atoms with Crippen molar-refractivity contribution in [2.75, 3.05) is 11.9 Å². The molecule has 1 aromatic rings. The zero-order chi connectivity index (χ0) is 15.5. The van der Waals surface area contributed by atoms with Crippen molar-refractivity contribution in [1.82, 2.24) is 4.98 Å². The molecule has 0 bridgehead atoms. The summed E-state index contributed by atoms with van der Waals surface area (Å²) in [6, 6.07) is 5.05. The third-order valence-electron chi connectivity index (χ3n) is 5.06. The van der Waals surface area contributed by atoms with E-state index in [1.54, 1.807) is 0 Å². The van der Waals surface area contributed by atoms with Crippen molar-refractivity contribution in [3.8, 4) is 0 Å². The molecule has 2 rings (SSSR count). The number of anilines is 1. The number of nitrogens with zero attached hydrogens (tertiary/aromatic N) is 2. The average Bonchev–Trinajstić information content (AvgIpc) is 2.47. The lowest BCUT2D eigenvalue weighted by Gasteiger charge is -2.39. The predicted molar refractivity (Wildman–Crippen MR) is 90.6 cm³/mol.